The summed E-state index contributed by atoms with van der Waals surface area (Å²) in [6.45, 7) is 6.68. The third-order valence-corrected chi connectivity index (χ3v) is 8.88. The lowest BCUT2D eigenvalue weighted by atomic mass is 9.96. The Hall–Kier alpha value is -3.41. The van der Waals surface area contributed by atoms with E-state index in [-0.39, 0.29) is 48.1 Å². The smallest absolute Gasteiger partial charge is 0.395 e. The minimum absolute atomic E-state index is 0.0734. The first-order chi connectivity index (χ1) is 21.8. The van der Waals surface area contributed by atoms with E-state index in [4.69, 9.17) is 29.2 Å². The van der Waals surface area contributed by atoms with E-state index < -0.39 is 44.2 Å². The Labute approximate surface area is 278 Å². The highest BCUT2D eigenvalue weighted by molar-refractivity contribution is 14.1. The highest BCUT2D eigenvalue weighted by Crippen LogP contribution is 2.43. The summed E-state index contributed by atoms with van der Waals surface area (Å²) < 4.78 is 34.4. The largest absolute Gasteiger partial charge is 0.575 e. The number of aliphatic hydroxyl groups excluding tert-OH is 1. The Morgan fingerprint density at radius 1 is 1.24 bits per heavy atom. The van der Waals surface area contributed by atoms with Gasteiger partial charge in [-0.3, -0.25) is 9.09 Å². The highest BCUT2D eigenvalue weighted by Gasteiger charge is 2.54. The molecule has 0 radical (unpaired) electrons. The Morgan fingerprint density at radius 3 is 2.70 bits per heavy atom. The number of nitrogen functional groups attached to an aromatic ring is 1. The lowest BCUT2D eigenvalue weighted by Gasteiger charge is -2.27. The first-order valence-corrected chi connectivity index (χ1v) is 16.5. The van der Waals surface area contributed by atoms with Crippen LogP contribution >= 0.6 is 30.8 Å². The molecule has 246 valence electrons. The van der Waals surface area contributed by atoms with E-state index in [1.54, 1.807) is 24.3 Å². The summed E-state index contributed by atoms with van der Waals surface area (Å²) in [5.41, 5.74) is 4.61. The molecule has 3 heterocycles. The molecule has 1 fully saturated rings. The molecule has 0 aliphatic carbocycles. The molecule has 2 aromatic heterocycles. The molecule has 0 spiro atoms. The van der Waals surface area contributed by atoms with Crippen LogP contribution in [0.25, 0.3) is 21.9 Å². The molecule has 46 heavy (non-hydrogen) atoms. The summed E-state index contributed by atoms with van der Waals surface area (Å²) in [5, 5.41) is 24.0. The van der Waals surface area contributed by atoms with Gasteiger partial charge in [0.25, 0.3) is 0 Å². The van der Waals surface area contributed by atoms with Crippen molar-refractivity contribution in [3.05, 3.63) is 40.2 Å². The summed E-state index contributed by atoms with van der Waals surface area (Å²) in [5.74, 6) is -0.104. The van der Waals surface area contributed by atoms with Gasteiger partial charge >= 0.3 is 14.1 Å². The number of carbonyl (C=O) groups is 1. The number of hydrogen-bond donors (Lipinski definition) is 3. The number of anilines is 1. The number of halogens is 1. The average molecular weight is 769 g/mol. The number of ether oxygens (including phenoxy) is 4. The second kappa shape index (κ2) is 13.8. The van der Waals surface area contributed by atoms with E-state index in [2.05, 4.69) is 19.7 Å². The quantitative estimate of drug-likeness (QED) is 0.0869. The lowest BCUT2D eigenvalue weighted by Crippen LogP contribution is -2.45. The Kier molecular flexibility index (Phi) is 10.1. The van der Waals surface area contributed by atoms with Crippen molar-refractivity contribution in [3.63, 3.8) is 0 Å². The van der Waals surface area contributed by atoms with Crippen molar-refractivity contribution < 1.29 is 43.4 Å². The fourth-order valence-corrected chi connectivity index (χ4v) is 6.40. The minimum atomic E-state index is -2.72. The standard InChI is InChI=1S/C29H34IN6O9P/c1-14(2)12-43-25(38)15(3)35-46(40)45-21-17-9-7-6-8-16(17)10-11-18(21)42-13-19-22(37)29(4,39)26(44-19)36-23-20(32-27(36)30)24(41-5)34-28(31)33-23/h6-11,14-15,19,22,26,37,39H,12-13H2,1-5H3,(H2,31,33,34)/t15-,19+,22+,26+,29+/m0/s1. The second-order valence-electron chi connectivity index (χ2n) is 11.3. The van der Waals surface area contributed by atoms with E-state index in [1.807, 2.05) is 48.6 Å². The van der Waals surface area contributed by atoms with Crippen LogP contribution in [0.15, 0.2) is 41.1 Å². The minimum Gasteiger partial charge on any atom is -0.575 e. The van der Waals surface area contributed by atoms with Crippen molar-refractivity contribution in [3.8, 4) is 17.4 Å². The van der Waals surface area contributed by atoms with Gasteiger partial charge < -0.3 is 39.8 Å². The molecule has 4 N–H and O–H groups in total. The van der Waals surface area contributed by atoms with Crippen LogP contribution in [-0.4, -0.2) is 79.9 Å². The zero-order chi connectivity index (χ0) is 33.3. The number of aliphatic hydroxyl groups is 2. The van der Waals surface area contributed by atoms with Gasteiger partial charge in [0.2, 0.25) is 17.6 Å². The molecule has 0 saturated carbocycles. The summed E-state index contributed by atoms with van der Waals surface area (Å²) in [6.07, 6.45) is -3.60. The third-order valence-electron chi connectivity index (χ3n) is 7.25. The number of nitrogens with zero attached hydrogens (tertiary/aromatic N) is 5. The maximum Gasteiger partial charge on any atom is 0.395 e. The van der Waals surface area contributed by atoms with E-state index in [0.717, 1.165) is 5.39 Å². The number of rotatable bonds is 11. The van der Waals surface area contributed by atoms with Crippen LogP contribution in [0.2, 0.25) is 0 Å². The number of nitrogens with two attached hydrogens (primary N) is 1. The van der Waals surface area contributed by atoms with Crippen LogP contribution in [0.1, 0.15) is 33.9 Å². The van der Waals surface area contributed by atoms with Gasteiger partial charge in [-0.2, -0.15) is 9.97 Å². The fourth-order valence-electron chi connectivity index (χ4n) is 4.90. The summed E-state index contributed by atoms with van der Waals surface area (Å²) in [6, 6.07) is 9.61. The molecule has 0 bridgehead atoms. The summed E-state index contributed by atoms with van der Waals surface area (Å²) >= 11 is 1.95. The molecule has 15 nitrogen and oxygen atoms in total. The number of carbonyl (C=O) groups excluding carboxylic acids is 1. The van der Waals surface area contributed by atoms with Crippen molar-refractivity contribution in [1.29, 1.82) is 0 Å². The molecule has 0 amide bonds. The van der Waals surface area contributed by atoms with E-state index >= 15 is 0 Å². The predicted octanol–water partition coefficient (Wildman–Crippen LogP) is 3.09. The first kappa shape index (κ1) is 33.9. The van der Waals surface area contributed by atoms with Gasteiger partial charge in [0, 0.05) is 28.0 Å². The molecule has 1 aliphatic heterocycles. The van der Waals surface area contributed by atoms with Crippen molar-refractivity contribution in [1.82, 2.24) is 19.5 Å². The maximum absolute atomic E-state index is 13.0. The molecular formula is C29H34IN6O9P. The van der Waals surface area contributed by atoms with E-state index in [9.17, 15) is 19.9 Å². The van der Waals surface area contributed by atoms with Gasteiger partial charge in [-0.05, 0) is 31.2 Å². The maximum atomic E-state index is 13.0. The number of benzene rings is 2. The normalized spacial score (nSPS) is 22.4. The van der Waals surface area contributed by atoms with Gasteiger partial charge in [-0.15, -0.1) is 0 Å². The zero-order valence-electron chi connectivity index (χ0n) is 25.7. The van der Waals surface area contributed by atoms with Crippen molar-refractivity contribution in [2.24, 2.45) is 10.7 Å². The monoisotopic (exact) mass is 768 g/mol. The second-order valence-corrected chi connectivity index (χ2v) is 13.1. The number of fused-ring (bicyclic) bond motifs is 2. The molecule has 6 atom stereocenters. The molecule has 4 aromatic rings. The predicted molar refractivity (Wildman–Crippen MR) is 174 cm³/mol. The fraction of sp³-hybridized carbons (Fsp3) is 0.448. The van der Waals surface area contributed by atoms with Gasteiger partial charge in [-0.25, -0.2) is 9.78 Å². The van der Waals surface area contributed by atoms with Crippen molar-refractivity contribution >= 4 is 64.6 Å². The third kappa shape index (κ3) is 6.82. The molecule has 1 unspecified atom stereocenters. The van der Waals surface area contributed by atoms with Crippen LogP contribution in [0.4, 0.5) is 5.95 Å². The van der Waals surface area contributed by atoms with Crippen LogP contribution < -0.4 is 24.6 Å². The highest BCUT2D eigenvalue weighted by atomic mass is 127. The van der Waals surface area contributed by atoms with Crippen molar-refractivity contribution in [2.75, 3.05) is 26.1 Å². The van der Waals surface area contributed by atoms with Crippen molar-refractivity contribution in [2.45, 2.75) is 57.8 Å². The number of hydrogen-bond acceptors (Lipinski definition) is 14. The SMILES string of the molecule is COc1nc(N)nc2c1nc(I)n2[C@@H]1O[C@H](COc2ccc3ccccc3c2O[P+]([O-])=N[C@@H](C)C(=O)OCC(C)C)[C@@H](O)[C@@]1(C)O. The van der Waals surface area contributed by atoms with Crippen LogP contribution in [0.5, 0.6) is 17.4 Å². The van der Waals surface area contributed by atoms with E-state index in [0.29, 0.717) is 14.7 Å². The van der Waals surface area contributed by atoms with E-state index in [1.165, 1.54) is 25.5 Å². The Morgan fingerprint density at radius 2 is 1.98 bits per heavy atom. The van der Waals surface area contributed by atoms with Gasteiger partial charge in [0.05, 0.1) is 13.7 Å². The molecule has 1 aliphatic rings. The zero-order valence-corrected chi connectivity index (χ0v) is 28.7. The molecule has 17 heteroatoms. The van der Waals surface area contributed by atoms with Gasteiger partial charge in [-0.1, -0.05) is 48.9 Å². The summed E-state index contributed by atoms with van der Waals surface area (Å²) in [4.78, 5) is 38.1. The Bertz CT molecular complexity index is 1790. The van der Waals surface area contributed by atoms with Gasteiger partial charge in [0.15, 0.2) is 33.0 Å². The number of methoxy groups -OCH3 is 1. The summed E-state index contributed by atoms with van der Waals surface area (Å²) in [7, 11) is -1.30. The van der Waals surface area contributed by atoms with Crippen LogP contribution in [0, 0.1) is 9.75 Å². The molecule has 1 saturated heterocycles. The number of esters is 1. The molecule has 2 aromatic carbocycles. The number of aromatic nitrogens is 4. The molecule has 5 rings (SSSR count). The average Bonchev–Trinajstić information content (AvgIpc) is 3.45. The van der Waals surface area contributed by atoms with Gasteiger partial charge in [0.1, 0.15) is 24.4 Å². The Balaban J connectivity index is 1.40. The number of imidazole rings is 1. The lowest BCUT2D eigenvalue weighted by molar-refractivity contribution is -0.169. The van der Waals surface area contributed by atoms with Crippen LogP contribution in [0.3, 0.4) is 0 Å². The molecular weight excluding hydrogens is 734 g/mol. The first-order valence-electron chi connectivity index (χ1n) is 14.3. The topological polar surface area (TPSA) is 209 Å². The van der Waals surface area contributed by atoms with Crippen LogP contribution in [-0.2, 0) is 14.3 Å².